The van der Waals surface area contributed by atoms with Gasteiger partial charge in [-0.05, 0) is 42.0 Å². The lowest BCUT2D eigenvalue weighted by atomic mass is 10.2. The SMILES string of the molecule is NC(=O)c1cccc(OCC(=O)NCc2ccc(-n3ccc(C(F)(F)F)n3)cc2)c1. The van der Waals surface area contributed by atoms with E-state index in [1.807, 2.05) is 0 Å². The first-order valence-electron chi connectivity index (χ1n) is 8.74. The number of nitrogens with zero attached hydrogens (tertiary/aromatic N) is 2. The van der Waals surface area contributed by atoms with Crippen LogP contribution in [0.2, 0.25) is 0 Å². The molecule has 2 amide bonds. The zero-order valence-corrected chi connectivity index (χ0v) is 15.5. The molecule has 3 N–H and O–H groups in total. The van der Waals surface area contributed by atoms with Gasteiger partial charge in [0, 0.05) is 18.3 Å². The van der Waals surface area contributed by atoms with Crippen molar-refractivity contribution in [2.45, 2.75) is 12.7 Å². The number of benzene rings is 2. The number of carbonyl (C=O) groups is 2. The number of amides is 2. The van der Waals surface area contributed by atoms with Crippen LogP contribution in [-0.2, 0) is 17.5 Å². The van der Waals surface area contributed by atoms with Crippen LogP contribution in [-0.4, -0.2) is 28.2 Å². The van der Waals surface area contributed by atoms with Crippen molar-refractivity contribution in [3.05, 3.63) is 77.6 Å². The first kappa shape index (κ1) is 20.9. The van der Waals surface area contributed by atoms with E-state index in [0.717, 1.165) is 16.3 Å². The Morgan fingerprint density at radius 3 is 2.47 bits per heavy atom. The van der Waals surface area contributed by atoms with Crippen LogP contribution in [0.15, 0.2) is 60.8 Å². The van der Waals surface area contributed by atoms with Crippen molar-refractivity contribution in [3.8, 4) is 11.4 Å². The van der Waals surface area contributed by atoms with E-state index < -0.39 is 17.8 Å². The van der Waals surface area contributed by atoms with Crippen LogP contribution >= 0.6 is 0 Å². The Balaban J connectivity index is 1.51. The summed E-state index contributed by atoms with van der Waals surface area (Å²) in [5.74, 6) is -0.646. The van der Waals surface area contributed by atoms with Crippen LogP contribution in [0.4, 0.5) is 13.2 Å². The molecule has 0 aliphatic rings. The third-order valence-corrected chi connectivity index (χ3v) is 4.06. The minimum absolute atomic E-state index is 0.205. The van der Waals surface area contributed by atoms with E-state index in [9.17, 15) is 22.8 Å². The van der Waals surface area contributed by atoms with Crippen molar-refractivity contribution < 1.29 is 27.5 Å². The van der Waals surface area contributed by atoms with Crippen molar-refractivity contribution in [1.82, 2.24) is 15.1 Å². The van der Waals surface area contributed by atoms with Gasteiger partial charge >= 0.3 is 6.18 Å². The fourth-order valence-electron chi connectivity index (χ4n) is 2.53. The van der Waals surface area contributed by atoms with Crippen molar-refractivity contribution in [2.75, 3.05) is 6.61 Å². The topological polar surface area (TPSA) is 99.2 Å². The molecule has 0 radical (unpaired) electrons. The molecule has 0 unspecified atom stereocenters. The lowest BCUT2D eigenvalue weighted by Crippen LogP contribution is -2.28. The number of carbonyl (C=O) groups excluding carboxylic acids is 2. The molecule has 30 heavy (non-hydrogen) atoms. The Morgan fingerprint density at radius 2 is 1.83 bits per heavy atom. The maximum absolute atomic E-state index is 12.6. The van der Waals surface area contributed by atoms with Crippen LogP contribution in [0, 0.1) is 0 Å². The summed E-state index contributed by atoms with van der Waals surface area (Å²) in [6.07, 6.45) is -3.27. The molecule has 0 atom stereocenters. The van der Waals surface area contributed by atoms with Crippen molar-refractivity contribution in [1.29, 1.82) is 0 Å². The molecule has 1 aromatic heterocycles. The lowest BCUT2D eigenvalue weighted by Gasteiger charge is -2.09. The first-order chi connectivity index (χ1) is 14.2. The van der Waals surface area contributed by atoms with Gasteiger partial charge in [-0.1, -0.05) is 18.2 Å². The number of nitrogens with one attached hydrogen (secondary N) is 1. The average molecular weight is 418 g/mol. The second kappa shape index (κ2) is 8.68. The molecule has 0 aliphatic carbocycles. The molecule has 0 spiro atoms. The lowest BCUT2D eigenvalue weighted by molar-refractivity contribution is -0.141. The van der Waals surface area contributed by atoms with Crippen molar-refractivity contribution in [2.24, 2.45) is 5.73 Å². The summed E-state index contributed by atoms with van der Waals surface area (Å²) in [6.45, 7) is -0.0511. The number of primary amides is 1. The zero-order valence-electron chi connectivity index (χ0n) is 15.5. The normalized spacial score (nSPS) is 11.2. The molecule has 2 aromatic carbocycles. The molecule has 0 aliphatic heterocycles. The third kappa shape index (κ3) is 5.37. The monoisotopic (exact) mass is 418 g/mol. The van der Waals surface area contributed by atoms with Gasteiger partial charge in [-0.3, -0.25) is 9.59 Å². The molecule has 0 fully saturated rings. The van der Waals surface area contributed by atoms with Gasteiger partial charge in [-0.25, -0.2) is 4.68 Å². The van der Waals surface area contributed by atoms with Crippen molar-refractivity contribution in [3.63, 3.8) is 0 Å². The van der Waals surface area contributed by atoms with Gasteiger partial charge in [-0.2, -0.15) is 18.3 Å². The zero-order chi connectivity index (χ0) is 21.7. The van der Waals surface area contributed by atoms with E-state index >= 15 is 0 Å². The molecule has 7 nitrogen and oxygen atoms in total. The summed E-state index contributed by atoms with van der Waals surface area (Å²) >= 11 is 0. The number of hydrogen-bond acceptors (Lipinski definition) is 4. The highest BCUT2D eigenvalue weighted by molar-refractivity contribution is 5.93. The predicted molar refractivity (Wildman–Crippen MR) is 101 cm³/mol. The Labute approximate surface area is 169 Å². The Kier molecular flexibility index (Phi) is 6.05. The first-order valence-corrected chi connectivity index (χ1v) is 8.74. The van der Waals surface area contributed by atoms with Gasteiger partial charge in [0.15, 0.2) is 12.3 Å². The molecule has 10 heteroatoms. The van der Waals surface area contributed by atoms with Gasteiger partial charge in [-0.15, -0.1) is 0 Å². The minimum Gasteiger partial charge on any atom is -0.484 e. The second-order valence-electron chi connectivity index (χ2n) is 6.27. The third-order valence-electron chi connectivity index (χ3n) is 4.06. The standard InChI is InChI=1S/C20H17F3N4O3/c21-20(22,23)17-8-9-27(26-17)15-6-4-13(5-7-15)11-25-18(28)12-30-16-3-1-2-14(10-16)19(24)29/h1-10H,11-12H2,(H2,24,29)(H,25,28). The number of alkyl halides is 3. The fraction of sp³-hybridized carbons (Fsp3) is 0.150. The summed E-state index contributed by atoms with van der Waals surface area (Å²) in [5.41, 5.74) is 5.69. The van der Waals surface area contributed by atoms with E-state index in [-0.39, 0.29) is 24.6 Å². The molecular weight excluding hydrogens is 401 g/mol. The summed E-state index contributed by atoms with van der Waals surface area (Å²) in [7, 11) is 0. The summed E-state index contributed by atoms with van der Waals surface area (Å²) in [6, 6.07) is 13.6. The fourth-order valence-corrected chi connectivity index (χ4v) is 2.53. The van der Waals surface area contributed by atoms with Gasteiger partial charge in [0.25, 0.3) is 5.91 Å². The van der Waals surface area contributed by atoms with Crippen LogP contribution in [0.5, 0.6) is 5.75 Å². The van der Waals surface area contributed by atoms with E-state index in [1.54, 1.807) is 36.4 Å². The predicted octanol–water partition coefficient (Wildman–Crippen LogP) is 2.69. The number of halogens is 3. The highest BCUT2D eigenvalue weighted by Gasteiger charge is 2.33. The highest BCUT2D eigenvalue weighted by atomic mass is 19.4. The van der Waals surface area contributed by atoms with Crippen LogP contribution in [0.25, 0.3) is 5.69 Å². The molecular formula is C20H17F3N4O3. The molecule has 3 aromatic rings. The maximum atomic E-state index is 12.6. The van der Waals surface area contributed by atoms with E-state index in [0.29, 0.717) is 11.4 Å². The quantitative estimate of drug-likeness (QED) is 0.616. The largest absolute Gasteiger partial charge is 0.484 e. The van der Waals surface area contributed by atoms with Gasteiger partial charge in [0.2, 0.25) is 5.91 Å². The second-order valence-corrected chi connectivity index (χ2v) is 6.27. The number of nitrogens with two attached hydrogens (primary N) is 1. The van der Waals surface area contributed by atoms with Gasteiger partial charge in [0.1, 0.15) is 5.75 Å². The number of hydrogen-bond donors (Lipinski definition) is 2. The van der Waals surface area contributed by atoms with Gasteiger partial charge in [0.05, 0.1) is 5.69 Å². The van der Waals surface area contributed by atoms with E-state index in [2.05, 4.69) is 10.4 Å². The summed E-state index contributed by atoms with van der Waals surface area (Å²) < 4.78 is 44.4. The smallest absolute Gasteiger partial charge is 0.435 e. The summed E-state index contributed by atoms with van der Waals surface area (Å²) in [4.78, 5) is 23.1. The highest BCUT2D eigenvalue weighted by Crippen LogP contribution is 2.27. The van der Waals surface area contributed by atoms with Crippen LogP contribution < -0.4 is 15.8 Å². The van der Waals surface area contributed by atoms with Crippen LogP contribution in [0.1, 0.15) is 21.6 Å². The van der Waals surface area contributed by atoms with E-state index in [4.69, 9.17) is 10.5 Å². The molecule has 0 bridgehead atoms. The molecule has 1 heterocycles. The number of rotatable bonds is 7. The van der Waals surface area contributed by atoms with E-state index in [1.165, 1.54) is 18.3 Å². The number of ether oxygens (including phenoxy) is 1. The minimum atomic E-state index is -4.50. The average Bonchev–Trinajstić information content (AvgIpc) is 3.22. The Morgan fingerprint density at radius 1 is 1.10 bits per heavy atom. The molecule has 0 saturated carbocycles. The molecule has 0 saturated heterocycles. The number of aromatic nitrogens is 2. The summed E-state index contributed by atoms with van der Waals surface area (Å²) in [5, 5.41) is 6.17. The Hall–Kier alpha value is -3.82. The van der Waals surface area contributed by atoms with Gasteiger partial charge < -0.3 is 15.8 Å². The van der Waals surface area contributed by atoms with Crippen LogP contribution in [0.3, 0.4) is 0 Å². The van der Waals surface area contributed by atoms with Crippen molar-refractivity contribution >= 4 is 11.8 Å². The Bertz CT molecular complexity index is 1050. The maximum Gasteiger partial charge on any atom is 0.435 e. The molecule has 156 valence electrons. The molecule has 3 rings (SSSR count).